The molecular formula is C10H17ClN4. The van der Waals surface area contributed by atoms with Crippen LogP contribution in [-0.4, -0.2) is 36.1 Å². The van der Waals surface area contributed by atoms with Gasteiger partial charge in [-0.15, -0.1) is 12.4 Å². The van der Waals surface area contributed by atoms with E-state index in [1.807, 2.05) is 6.20 Å². The van der Waals surface area contributed by atoms with Crippen LogP contribution in [0.2, 0.25) is 0 Å². The normalized spacial score (nSPS) is 20.5. The van der Waals surface area contributed by atoms with Crippen LogP contribution < -0.4 is 10.2 Å². The molecule has 0 saturated carbocycles. The lowest BCUT2D eigenvalue weighted by atomic mass is 10.1. The molecule has 1 aromatic rings. The second kappa shape index (κ2) is 5.88. The Hall–Kier alpha value is -0.870. The Morgan fingerprint density at radius 1 is 1.47 bits per heavy atom. The number of hydrogen-bond acceptors (Lipinski definition) is 4. The Morgan fingerprint density at radius 3 is 2.93 bits per heavy atom. The van der Waals surface area contributed by atoms with E-state index >= 15 is 0 Å². The van der Waals surface area contributed by atoms with Crippen molar-refractivity contribution in [2.75, 3.05) is 25.0 Å². The van der Waals surface area contributed by atoms with E-state index in [2.05, 4.69) is 27.2 Å². The van der Waals surface area contributed by atoms with Crippen molar-refractivity contribution in [1.29, 1.82) is 0 Å². The van der Waals surface area contributed by atoms with Gasteiger partial charge < -0.3 is 10.2 Å². The zero-order valence-corrected chi connectivity index (χ0v) is 9.70. The number of aromatic nitrogens is 2. The summed E-state index contributed by atoms with van der Waals surface area (Å²) in [6, 6.07) is 0.556. The van der Waals surface area contributed by atoms with Gasteiger partial charge in [-0.2, -0.15) is 0 Å². The van der Waals surface area contributed by atoms with Gasteiger partial charge in [-0.3, -0.25) is 4.98 Å². The molecule has 1 aliphatic rings. The van der Waals surface area contributed by atoms with Crippen LogP contribution in [0.4, 0.5) is 5.82 Å². The maximum atomic E-state index is 4.29. The molecule has 15 heavy (non-hydrogen) atoms. The second-order valence-corrected chi connectivity index (χ2v) is 3.67. The highest BCUT2D eigenvalue weighted by molar-refractivity contribution is 5.85. The molecular weight excluding hydrogens is 212 g/mol. The maximum Gasteiger partial charge on any atom is 0.147 e. The van der Waals surface area contributed by atoms with E-state index in [1.54, 1.807) is 12.4 Å². The van der Waals surface area contributed by atoms with Crippen molar-refractivity contribution in [3.05, 3.63) is 18.6 Å². The SMILES string of the molecule is CN(c1cnccn1)[C@@H]1CCCNC1.Cl. The van der Waals surface area contributed by atoms with Gasteiger partial charge in [0.2, 0.25) is 0 Å². The van der Waals surface area contributed by atoms with E-state index < -0.39 is 0 Å². The van der Waals surface area contributed by atoms with Crippen molar-refractivity contribution in [2.45, 2.75) is 18.9 Å². The highest BCUT2D eigenvalue weighted by Gasteiger charge is 2.18. The lowest BCUT2D eigenvalue weighted by Gasteiger charge is -2.32. The summed E-state index contributed by atoms with van der Waals surface area (Å²) in [6.45, 7) is 2.19. The molecule has 0 aromatic carbocycles. The first kappa shape index (κ1) is 12.2. The zero-order chi connectivity index (χ0) is 9.80. The van der Waals surface area contributed by atoms with Crippen molar-refractivity contribution in [1.82, 2.24) is 15.3 Å². The molecule has 0 aliphatic carbocycles. The summed E-state index contributed by atoms with van der Waals surface area (Å²) in [7, 11) is 2.08. The number of likely N-dealkylation sites (N-methyl/N-ethyl adjacent to an activating group) is 1. The van der Waals surface area contributed by atoms with Crippen molar-refractivity contribution in [2.24, 2.45) is 0 Å². The Morgan fingerprint density at radius 2 is 2.33 bits per heavy atom. The van der Waals surface area contributed by atoms with Crippen LogP contribution in [0.3, 0.4) is 0 Å². The number of piperidine rings is 1. The minimum atomic E-state index is 0. The fourth-order valence-corrected chi connectivity index (χ4v) is 1.82. The average molecular weight is 229 g/mol. The summed E-state index contributed by atoms with van der Waals surface area (Å²) in [5.74, 6) is 0.959. The molecule has 0 bridgehead atoms. The largest absolute Gasteiger partial charge is 0.354 e. The van der Waals surface area contributed by atoms with E-state index in [4.69, 9.17) is 0 Å². The van der Waals surface area contributed by atoms with Gasteiger partial charge >= 0.3 is 0 Å². The fraction of sp³-hybridized carbons (Fsp3) is 0.600. The van der Waals surface area contributed by atoms with Crippen LogP contribution >= 0.6 is 12.4 Å². The summed E-state index contributed by atoms with van der Waals surface area (Å²) >= 11 is 0. The molecule has 2 heterocycles. The predicted molar refractivity (Wildman–Crippen MR) is 63.6 cm³/mol. The number of nitrogens with zero attached hydrogens (tertiary/aromatic N) is 3. The number of nitrogens with one attached hydrogen (secondary N) is 1. The van der Waals surface area contributed by atoms with Crippen LogP contribution in [0.15, 0.2) is 18.6 Å². The van der Waals surface area contributed by atoms with Crippen molar-refractivity contribution in [3.63, 3.8) is 0 Å². The smallest absolute Gasteiger partial charge is 0.147 e. The van der Waals surface area contributed by atoms with Gasteiger partial charge in [0, 0.05) is 32.0 Å². The number of halogens is 1. The van der Waals surface area contributed by atoms with Gasteiger partial charge in [-0.05, 0) is 19.4 Å². The summed E-state index contributed by atoms with van der Waals surface area (Å²) in [5.41, 5.74) is 0. The first-order chi connectivity index (χ1) is 6.88. The second-order valence-electron chi connectivity index (χ2n) is 3.67. The van der Waals surface area contributed by atoms with Crippen molar-refractivity contribution >= 4 is 18.2 Å². The molecule has 0 spiro atoms. The van der Waals surface area contributed by atoms with E-state index in [9.17, 15) is 0 Å². The Kier molecular flexibility index (Phi) is 4.78. The Labute approximate surface area is 96.5 Å². The van der Waals surface area contributed by atoms with Gasteiger partial charge in [0.25, 0.3) is 0 Å². The van der Waals surface area contributed by atoms with Gasteiger partial charge in [0.15, 0.2) is 0 Å². The fourth-order valence-electron chi connectivity index (χ4n) is 1.82. The molecule has 1 saturated heterocycles. The van der Waals surface area contributed by atoms with E-state index in [1.165, 1.54) is 12.8 Å². The molecule has 0 unspecified atom stereocenters. The number of rotatable bonds is 2. The van der Waals surface area contributed by atoms with Crippen LogP contribution in [0.5, 0.6) is 0 Å². The van der Waals surface area contributed by atoms with Crippen LogP contribution in [-0.2, 0) is 0 Å². The lowest BCUT2D eigenvalue weighted by Crippen LogP contribution is -2.44. The van der Waals surface area contributed by atoms with E-state index in [-0.39, 0.29) is 12.4 Å². The molecule has 1 aliphatic heterocycles. The zero-order valence-electron chi connectivity index (χ0n) is 8.89. The molecule has 1 aromatic heterocycles. The molecule has 1 atom stereocenters. The third-order valence-electron chi connectivity index (χ3n) is 2.73. The molecule has 0 amide bonds. The standard InChI is InChI=1S/C10H16N4.ClH/c1-14(9-3-2-4-11-7-9)10-8-12-5-6-13-10;/h5-6,8-9,11H,2-4,7H2,1H3;1H/t9-;/m1./s1. The minimum Gasteiger partial charge on any atom is -0.354 e. The molecule has 2 rings (SSSR count). The van der Waals surface area contributed by atoms with Crippen LogP contribution in [0, 0.1) is 0 Å². The maximum absolute atomic E-state index is 4.29. The summed E-state index contributed by atoms with van der Waals surface area (Å²) in [5, 5.41) is 3.40. The van der Waals surface area contributed by atoms with Gasteiger partial charge in [0.1, 0.15) is 5.82 Å². The van der Waals surface area contributed by atoms with Crippen molar-refractivity contribution in [3.8, 4) is 0 Å². The van der Waals surface area contributed by atoms with E-state index in [0.29, 0.717) is 6.04 Å². The molecule has 4 nitrogen and oxygen atoms in total. The number of anilines is 1. The molecule has 1 N–H and O–H groups in total. The lowest BCUT2D eigenvalue weighted by molar-refractivity contribution is 0.443. The van der Waals surface area contributed by atoms with Gasteiger partial charge in [-0.25, -0.2) is 4.98 Å². The minimum absolute atomic E-state index is 0. The van der Waals surface area contributed by atoms with Gasteiger partial charge in [0.05, 0.1) is 6.20 Å². The van der Waals surface area contributed by atoms with Gasteiger partial charge in [-0.1, -0.05) is 0 Å². The topological polar surface area (TPSA) is 41.1 Å². The highest BCUT2D eigenvalue weighted by atomic mass is 35.5. The third kappa shape index (κ3) is 3.04. The summed E-state index contributed by atoms with van der Waals surface area (Å²) in [4.78, 5) is 10.6. The molecule has 84 valence electrons. The van der Waals surface area contributed by atoms with Crippen molar-refractivity contribution < 1.29 is 0 Å². The first-order valence-electron chi connectivity index (χ1n) is 5.07. The third-order valence-corrected chi connectivity index (χ3v) is 2.73. The molecule has 0 radical (unpaired) electrons. The van der Waals surface area contributed by atoms with Crippen LogP contribution in [0.1, 0.15) is 12.8 Å². The Bertz CT molecular complexity index is 274. The predicted octanol–water partition coefficient (Wildman–Crippen LogP) is 1.09. The molecule has 1 fully saturated rings. The summed E-state index contributed by atoms with van der Waals surface area (Å²) < 4.78 is 0. The summed E-state index contributed by atoms with van der Waals surface area (Å²) in [6.07, 6.45) is 7.74. The number of hydrogen-bond donors (Lipinski definition) is 1. The highest BCUT2D eigenvalue weighted by Crippen LogP contribution is 2.14. The first-order valence-corrected chi connectivity index (χ1v) is 5.07. The Balaban J connectivity index is 0.00000112. The van der Waals surface area contributed by atoms with Crippen LogP contribution in [0.25, 0.3) is 0 Å². The van der Waals surface area contributed by atoms with E-state index in [0.717, 1.165) is 18.9 Å². The average Bonchev–Trinajstić information content (AvgIpc) is 2.30. The molecule has 5 heteroatoms. The quantitative estimate of drug-likeness (QED) is 0.823. The monoisotopic (exact) mass is 228 g/mol.